The van der Waals surface area contributed by atoms with Crippen molar-refractivity contribution >= 4 is 5.91 Å². The van der Waals surface area contributed by atoms with Crippen LogP contribution in [0, 0.1) is 11.8 Å². The molecule has 1 N–H and O–H groups in total. The minimum atomic E-state index is -0.212. The van der Waals surface area contributed by atoms with Gasteiger partial charge >= 0.3 is 0 Å². The van der Waals surface area contributed by atoms with Gasteiger partial charge < -0.3 is 19.5 Å². The first kappa shape index (κ1) is 17.1. The van der Waals surface area contributed by atoms with Gasteiger partial charge in [-0.15, -0.1) is 0 Å². The maximum atomic E-state index is 13.6. The molecule has 7 heteroatoms. The second-order valence-corrected chi connectivity index (χ2v) is 6.38. The Kier molecular flexibility index (Phi) is 5.98. The third-order valence-corrected chi connectivity index (χ3v) is 4.73. The lowest BCUT2D eigenvalue weighted by Gasteiger charge is -2.34. The molecule has 3 rings (SSSR count). The molecule has 24 heavy (non-hydrogen) atoms. The topological polar surface area (TPSA) is 67.6 Å². The molecule has 1 aromatic heterocycles. The number of carbonyl (C=O) groups excluding carboxylic acids is 1. The van der Waals surface area contributed by atoms with Gasteiger partial charge in [0.1, 0.15) is 12.1 Å². The molecule has 1 unspecified atom stereocenters. The van der Waals surface area contributed by atoms with Crippen molar-refractivity contribution in [3.05, 3.63) is 29.9 Å². The van der Waals surface area contributed by atoms with Crippen LogP contribution in [0.5, 0.6) is 0 Å². The zero-order chi connectivity index (χ0) is 16.8. The van der Waals surface area contributed by atoms with E-state index in [1.165, 1.54) is 6.26 Å². The Morgan fingerprint density at radius 2 is 2.29 bits per heavy atom. The van der Waals surface area contributed by atoms with Crippen molar-refractivity contribution in [2.45, 2.75) is 25.8 Å². The highest BCUT2D eigenvalue weighted by Gasteiger charge is 2.33. The molecule has 0 aromatic carbocycles. The number of ether oxygens (including phenoxy) is 1. The lowest BCUT2D eigenvalue weighted by atomic mass is 9.84. The van der Waals surface area contributed by atoms with Crippen LogP contribution in [-0.4, -0.2) is 48.8 Å². The number of halogens is 1. The van der Waals surface area contributed by atoms with Crippen LogP contribution in [0.25, 0.3) is 0 Å². The lowest BCUT2D eigenvalue weighted by molar-refractivity contribution is -0.138. The van der Waals surface area contributed by atoms with Gasteiger partial charge in [-0.2, -0.15) is 0 Å². The van der Waals surface area contributed by atoms with Crippen molar-refractivity contribution in [1.82, 2.24) is 15.4 Å². The number of hydrogen-bond donors (Lipinski definition) is 1. The summed E-state index contributed by atoms with van der Waals surface area (Å²) < 4.78 is 23.8. The molecule has 132 valence electrons. The molecule has 1 amide bonds. The molecule has 0 radical (unpaired) electrons. The first-order valence-corrected chi connectivity index (χ1v) is 8.55. The van der Waals surface area contributed by atoms with Crippen LogP contribution in [-0.2, 0) is 16.1 Å². The quantitative estimate of drug-likeness (QED) is 0.859. The molecular weight excluding hydrogens is 313 g/mol. The van der Waals surface area contributed by atoms with E-state index in [1.807, 2.05) is 0 Å². The smallest absolute Gasteiger partial charge is 0.227 e. The summed E-state index contributed by atoms with van der Waals surface area (Å²) in [4.78, 5) is 14.6. The van der Waals surface area contributed by atoms with Crippen LogP contribution in [0.3, 0.4) is 0 Å². The predicted octanol–water partition coefficient (Wildman–Crippen LogP) is 1.89. The highest BCUT2D eigenvalue weighted by atomic mass is 19.1. The number of nitrogens with one attached hydrogen (secondary N) is 1. The Morgan fingerprint density at radius 3 is 3.00 bits per heavy atom. The van der Waals surface area contributed by atoms with Crippen molar-refractivity contribution in [2.24, 2.45) is 11.8 Å². The molecule has 1 saturated heterocycles. The van der Waals surface area contributed by atoms with Gasteiger partial charge in [0.05, 0.1) is 18.2 Å². The monoisotopic (exact) mass is 337 g/mol. The zero-order valence-corrected chi connectivity index (χ0v) is 13.7. The number of carbonyl (C=O) groups is 1. The van der Waals surface area contributed by atoms with Gasteiger partial charge in [0.2, 0.25) is 5.91 Å². The minimum absolute atomic E-state index is 0.0396. The van der Waals surface area contributed by atoms with Gasteiger partial charge in [0.25, 0.3) is 0 Å². The van der Waals surface area contributed by atoms with E-state index in [-0.39, 0.29) is 30.1 Å². The van der Waals surface area contributed by atoms with Crippen molar-refractivity contribution in [2.75, 3.05) is 32.8 Å². The number of nitrogens with zero attached hydrogens (tertiary/aromatic N) is 2. The van der Waals surface area contributed by atoms with Gasteiger partial charge in [-0.05, 0) is 31.3 Å². The maximum absolute atomic E-state index is 13.6. The van der Waals surface area contributed by atoms with Crippen molar-refractivity contribution in [3.8, 4) is 0 Å². The van der Waals surface area contributed by atoms with Crippen LogP contribution in [0.1, 0.15) is 25.0 Å². The molecular formula is C17H24FN3O3. The van der Waals surface area contributed by atoms with E-state index in [9.17, 15) is 9.18 Å². The molecule has 0 aliphatic carbocycles. The third kappa shape index (κ3) is 4.42. The lowest BCUT2D eigenvalue weighted by Crippen LogP contribution is -2.46. The molecule has 3 heterocycles. The summed E-state index contributed by atoms with van der Waals surface area (Å²) in [7, 11) is 0. The van der Waals surface area contributed by atoms with E-state index in [4.69, 9.17) is 9.26 Å². The summed E-state index contributed by atoms with van der Waals surface area (Å²) in [6, 6.07) is 1.79. The fourth-order valence-corrected chi connectivity index (χ4v) is 3.38. The van der Waals surface area contributed by atoms with Gasteiger partial charge in [-0.25, -0.2) is 4.39 Å². The molecule has 1 aromatic rings. The number of hydrogen-bond acceptors (Lipinski definition) is 5. The van der Waals surface area contributed by atoms with E-state index >= 15 is 0 Å². The molecule has 6 nitrogen and oxygen atoms in total. The zero-order valence-electron chi connectivity index (χ0n) is 13.7. The van der Waals surface area contributed by atoms with E-state index in [1.54, 1.807) is 17.0 Å². The largest absolute Gasteiger partial charge is 0.381 e. The van der Waals surface area contributed by atoms with Crippen LogP contribution >= 0.6 is 0 Å². The Morgan fingerprint density at radius 1 is 1.46 bits per heavy atom. The SMILES string of the molecule is O=C(C(CNCc1ccon1)C1CCOCC1)N1CCC=C(F)C1. The Labute approximate surface area is 141 Å². The van der Waals surface area contributed by atoms with E-state index < -0.39 is 0 Å². The molecule has 1 atom stereocenters. The van der Waals surface area contributed by atoms with E-state index in [0.717, 1.165) is 18.5 Å². The third-order valence-electron chi connectivity index (χ3n) is 4.73. The average molecular weight is 337 g/mol. The fourth-order valence-electron chi connectivity index (χ4n) is 3.38. The summed E-state index contributed by atoms with van der Waals surface area (Å²) >= 11 is 0. The second-order valence-electron chi connectivity index (χ2n) is 6.38. The fraction of sp³-hybridized carbons (Fsp3) is 0.647. The van der Waals surface area contributed by atoms with E-state index in [0.29, 0.717) is 39.3 Å². The first-order valence-electron chi connectivity index (χ1n) is 8.55. The van der Waals surface area contributed by atoms with Crippen molar-refractivity contribution in [3.63, 3.8) is 0 Å². The molecule has 1 fully saturated rings. The standard InChI is InChI=1S/C17H24FN3O3/c18-14-2-1-6-21(12-14)17(22)16(13-3-7-23-8-4-13)11-19-10-15-5-9-24-20-15/h2,5,9,13,16,19H,1,3-4,6-8,10-12H2. The second kappa shape index (κ2) is 8.39. The van der Waals surface area contributed by atoms with Crippen LogP contribution in [0.4, 0.5) is 4.39 Å². The number of rotatable bonds is 6. The average Bonchev–Trinajstić information content (AvgIpc) is 3.12. The summed E-state index contributed by atoms with van der Waals surface area (Å²) in [5, 5.41) is 7.16. The Hall–Kier alpha value is -1.73. The van der Waals surface area contributed by atoms with Crippen LogP contribution in [0.15, 0.2) is 28.8 Å². The first-order chi connectivity index (χ1) is 11.7. The summed E-state index contributed by atoms with van der Waals surface area (Å²) in [5.41, 5.74) is 0.806. The van der Waals surface area contributed by atoms with Crippen LogP contribution in [0.2, 0.25) is 0 Å². The Bertz CT molecular complexity index is 555. The van der Waals surface area contributed by atoms with Crippen molar-refractivity contribution in [1.29, 1.82) is 0 Å². The highest BCUT2D eigenvalue weighted by Crippen LogP contribution is 2.26. The Balaban J connectivity index is 1.61. The maximum Gasteiger partial charge on any atom is 0.227 e. The van der Waals surface area contributed by atoms with Gasteiger partial charge in [0.15, 0.2) is 0 Å². The van der Waals surface area contributed by atoms with Crippen LogP contribution < -0.4 is 5.32 Å². The molecule has 2 aliphatic heterocycles. The van der Waals surface area contributed by atoms with Crippen molar-refractivity contribution < 1.29 is 18.4 Å². The van der Waals surface area contributed by atoms with Gasteiger partial charge in [-0.3, -0.25) is 4.79 Å². The molecule has 0 bridgehead atoms. The molecule has 0 spiro atoms. The minimum Gasteiger partial charge on any atom is -0.381 e. The van der Waals surface area contributed by atoms with Gasteiger partial charge in [0, 0.05) is 38.9 Å². The van der Waals surface area contributed by atoms with E-state index in [2.05, 4.69) is 10.5 Å². The highest BCUT2D eigenvalue weighted by molar-refractivity contribution is 5.79. The number of amides is 1. The predicted molar refractivity (Wildman–Crippen MR) is 85.6 cm³/mol. The normalized spacial score (nSPS) is 20.7. The molecule has 2 aliphatic rings. The van der Waals surface area contributed by atoms with Gasteiger partial charge in [-0.1, -0.05) is 5.16 Å². The summed E-state index contributed by atoms with van der Waals surface area (Å²) in [5.74, 6) is -0.0644. The number of aromatic nitrogens is 1. The summed E-state index contributed by atoms with van der Waals surface area (Å²) in [6.07, 6.45) is 5.42. The molecule has 0 saturated carbocycles. The summed E-state index contributed by atoms with van der Waals surface area (Å²) in [6.45, 7) is 3.17.